The van der Waals surface area contributed by atoms with Crippen LogP contribution in [0.5, 0.6) is 0 Å². The zero-order chi connectivity index (χ0) is 10.6. The van der Waals surface area contributed by atoms with Gasteiger partial charge in [-0.25, -0.2) is 0 Å². The van der Waals surface area contributed by atoms with Crippen molar-refractivity contribution in [2.24, 2.45) is 0 Å². The molecule has 0 atom stereocenters. The van der Waals surface area contributed by atoms with Gasteiger partial charge in [0.25, 0.3) is 0 Å². The summed E-state index contributed by atoms with van der Waals surface area (Å²) in [6.45, 7) is 8.31. The topological polar surface area (TPSA) is 15.8 Å². The first-order valence-electron chi connectivity index (χ1n) is 5.38. The van der Waals surface area contributed by atoms with Gasteiger partial charge in [0.05, 0.1) is 0 Å². The fraction of sp³-hybridized carbons (Fsp3) is 0.385. The molecule has 1 N–H and O–H groups in total. The van der Waals surface area contributed by atoms with Crippen LogP contribution in [0.3, 0.4) is 0 Å². The molecule has 1 heteroatoms. The summed E-state index contributed by atoms with van der Waals surface area (Å²) in [5.41, 5.74) is 3.98. The van der Waals surface area contributed by atoms with E-state index in [1.807, 2.05) is 13.8 Å². The molecule has 0 bridgehead atoms. The molecule has 1 aromatic carbocycles. The Morgan fingerprint density at radius 2 is 1.93 bits per heavy atom. The Hall–Kier alpha value is -1.24. The van der Waals surface area contributed by atoms with Gasteiger partial charge in [-0.2, -0.15) is 0 Å². The molecule has 0 aliphatic heterocycles. The van der Waals surface area contributed by atoms with Gasteiger partial charge in [0, 0.05) is 17.1 Å². The minimum Gasteiger partial charge on any atom is -0.361 e. The second kappa shape index (κ2) is 4.85. The van der Waals surface area contributed by atoms with E-state index in [2.05, 4.69) is 43.2 Å². The maximum absolute atomic E-state index is 3.26. The zero-order valence-electron chi connectivity index (χ0n) is 9.52. The summed E-state index contributed by atoms with van der Waals surface area (Å²) >= 11 is 0. The smallest absolute Gasteiger partial charge is 0.0459 e. The van der Waals surface area contributed by atoms with Gasteiger partial charge >= 0.3 is 0 Å². The summed E-state index contributed by atoms with van der Waals surface area (Å²) in [5.74, 6) is 0. The molecule has 0 spiro atoms. The molecule has 0 fully saturated rings. The number of fused-ring (bicyclic) bond motifs is 1. The van der Waals surface area contributed by atoms with Crippen molar-refractivity contribution in [3.63, 3.8) is 0 Å². The Morgan fingerprint density at radius 3 is 2.57 bits per heavy atom. The van der Waals surface area contributed by atoms with Crippen molar-refractivity contribution < 1.29 is 0 Å². The quantitative estimate of drug-likeness (QED) is 0.696. The molecule has 1 heterocycles. The lowest BCUT2D eigenvalue weighted by Crippen LogP contribution is -1.78. The third-order valence-corrected chi connectivity index (χ3v) is 2.36. The molecule has 0 radical (unpaired) electrons. The average Bonchev–Trinajstić information content (AvgIpc) is 2.63. The minimum absolute atomic E-state index is 1.11. The standard InChI is InChI=1S/C11H13N.C2H6/c1-3-9-4-5-10-8(2)7-12-11(10)6-9;1-2/h4-7,12H,3H2,1-2H3;1-2H3. The third kappa shape index (κ3) is 1.98. The maximum Gasteiger partial charge on any atom is 0.0459 e. The van der Waals surface area contributed by atoms with E-state index >= 15 is 0 Å². The molecule has 0 unspecified atom stereocenters. The molecule has 0 aliphatic carbocycles. The van der Waals surface area contributed by atoms with Gasteiger partial charge < -0.3 is 4.98 Å². The summed E-state index contributed by atoms with van der Waals surface area (Å²) in [7, 11) is 0. The van der Waals surface area contributed by atoms with Gasteiger partial charge in [0.2, 0.25) is 0 Å². The highest BCUT2D eigenvalue weighted by atomic mass is 14.7. The Bertz CT molecular complexity index is 399. The summed E-state index contributed by atoms with van der Waals surface area (Å²) in [4.78, 5) is 3.26. The maximum atomic E-state index is 3.26. The number of benzene rings is 1. The molecule has 2 rings (SSSR count). The van der Waals surface area contributed by atoms with E-state index in [4.69, 9.17) is 0 Å². The molecule has 76 valence electrons. The number of nitrogens with one attached hydrogen (secondary N) is 1. The van der Waals surface area contributed by atoms with Gasteiger partial charge in [-0.3, -0.25) is 0 Å². The van der Waals surface area contributed by atoms with Crippen LogP contribution in [0, 0.1) is 6.92 Å². The number of aromatic nitrogens is 1. The van der Waals surface area contributed by atoms with Crippen molar-refractivity contribution in [3.8, 4) is 0 Å². The van der Waals surface area contributed by atoms with Crippen LogP contribution >= 0.6 is 0 Å². The zero-order valence-corrected chi connectivity index (χ0v) is 9.52. The molecular weight excluding hydrogens is 170 g/mol. The first kappa shape index (κ1) is 10.8. The average molecular weight is 189 g/mol. The molecule has 0 saturated carbocycles. The lowest BCUT2D eigenvalue weighted by Gasteiger charge is -1.96. The fourth-order valence-electron chi connectivity index (χ4n) is 1.54. The molecule has 1 nitrogen and oxygen atoms in total. The summed E-state index contributed by atoms with van der Waals surface area (Å²) in [6.07, 6.45) is 3.16. The van der Waals surface area contributed by atoms with Crippen molar-refractivity contribution >= 4 is 10.9 Å². The van der Waals surface area contributed by atoms with E-state index in [9.17, 15) is 0 Å². The highest BCUT2D eigenvalue weighted by molar-refractivity contribution is 5.83. The first-order valence-corrected chi connectivity index (χ1v) is 5.38. The van der Waals surface area contributed by atoms with E-state index in [1.165, 1.54) is 22.0 Å². The van der Waals surface area contributed by atoms with Crippen molar-refractivity contribution in [2.45, 2.75) is 34.1 Å². The van der Waals surface area contributed by atoms with Crippen LogP contribution in [0.4, 0.5) is 0 Å². The molecule has 0 aliphatic rings. The highest BCUT2D eigenvalue weighted by Gasteiger charge is 1.98. The third-order valence-electron chi connectivity index (χ3n) is 2.36. The second-order valence-corrected chi connectivity index (χ2v) is 3.21. The number of H-pyrrole nitrogens is 1. The van der Waals surface area contributed by atoms with Crippen molar-refractivity contribution in [1.82, 2.24) is 4.98 Å². The Morgan fingerprint density at radius 1 is 1.21 bits per heavy atom. The van der Waals surface area contributed by atoms with Crippen LogP contribution in [0.1, 0.15) is 31.9 Å². The van der Waals surface area contributed by atoms with Crippen LogP contribution in [-0.2, 0) is 6.42 Å². The summed E-state index contributed by atoms with van der Waals surface area (Å²) in [6, 6.07) is 6.62. The van der Waals surface area contributed by atoms with Gasteiger partial charge in [-0.05, 0) is 30.5 Å². The van der Waals surface area contributed by atoms with E-state index < -0.39 is 0 Å². The Balaban J connectivity index is 0.000000461. The van der Waals surface area contributed by atoms with Gasteiger partial charge in [0.15, 0.2) is 0 Å². The lowest BCUT2D eigenvalue weighted by atomic mass is 10.1. The normalized spacial score (nSPS) is 9.71. The number of aromatic amines is 1. The Kier molecular flexibility index (Phi) is 3.75. The van der Waals surface area contributed by atoms with E-state index in [1.54, 1.807) is 0 Å². The van der Waals surface area contributed by atoms with Crippen LogP contribution in [0.25, 0.3) is 10.9 Å². The summed E-state index contributed by atoms with van der Waals surface area (Å²) < 4.78 is 0. The predicted molar refractivity (Wildman–Crippen MR) is 63.8 cm³/mol. The van der Waals surface area contributed by atoms with Crippen molar-refractivity contribution in [2.75, 3.05) is 0 Å². The minimum atomic E-state index is 1.11. The van der Waals surface area contributed by atoms with Gasteiger partial charge in [-0.1, -0.05) is 32.9 Å². The fourth-order valence-corrected chi connectivity index (χ4v) is 1.54. The van der Waals surface area contributed by atoms with Crippen molar-refractivity contribution in [3.05, 3.63) is 35.5 Å². The van der Waals surface area contributed by atoms with E-state index in [0.717, 1.165) is 6.42 Å². The van der Waals surface area contributed by atoms with E-state index in [0.29, 0.717) is 0 Å². The lowest BCUT2D eigenvalue weighted by molar-refractivity contribution is 1.14. The number of hydrogen-bond donors (Lipinski definition) is 1. The van der Waals surface area contributed by atoms with Crippen LogP contribution in [-0.4, -0.2) is 4.98 Å². The van der Waals surface area contributed by atoms with E-state index in [-0.39, 0.29) is 0 Å². The monoisotopic (exact) mass is 189 g/mol. The summed E-state index contributed by atoms with van der Waals surface area (Å²) in [5, 5.41) is 1.34. The number of aryl methyl sites for hydroxylation is 2. The van der Waals surface area contributed by atoms with Gasteiger partial charge in [-0.15, -0.1) is 0 Å². The van der Waals surface area contributed by atoms with Crippen LogP contribution in [0.2, 0.25) is 0 Å². The van der Waals surface area contributed by atoms with Crippen LogP contribution < -0.4 is 0 Å². The highest BCUT2D eigenvalue weighted by Crippen LogP contribution is 2.18. The molecule has 2 aromatic rings. The number of rotatable bonds is 1. The van der Waals surface area contributed by atoms with Crippen LogP contribution in [0.15, 0.2) is 24.4 Å². The predicted octanol–water partition coefficient (Wildman–Crippen LogP) is 4.06. The molecule has 14 heavy (non-hydrogen) atoms. The SMILES string of the molecule is CC.CCc1ccc2c(C)c[nH]c2c1. The largest absolute Gasteiger partial charge is 0.361 e. The van der Waals surface area contributed by atoms with Gasteiger partial charge in [0.1, 0.15) is 0 Å². The Labute approximate surface area is 86.2 Å². The second-order valence-electron chi connectivity index (χ2n) is 3.21. The molecule has 0 saturated heterocycles. The first-order chi connectivity index (χ1) is 6.81. The molecule has 1 aromatic heterocycles. The molecular formula is C13H19N. The molecule has 0 amide bonds. The van der Waals surface area contributed by atoms with Crippen molar-refractivity contribution in [1.29, 1.82) is 0 Å². The number of hydrogen-bond acceptors (Lipinski definition) is 0.